The number of rotatable bonds is 4. The van der Waals surface area contributed by atoms with Crippen molar-refractivity contribution in [3.63, 3.8) is 0 Å². The number of ether oxygens (including phenoxy) is 2. The molecule has 0 aliphatic carbocycles. The fourth-order valence-electron chi connectivity index (χ4n) is 2.55. The molecule has 2 rings (SSSR count). The molecule has 0 saturated carbocycles. The number of nitrogens with one attached hydrogen (secondary N) is 1. The highest BCUT2D eigenvalue weighted by Crippen LogP contribution is 2.39. The molecule has 1 aromatic rings. The monoisotopic (exact) mass is 249 g/mol. The molecule has 0 aromatic heterocycles. The topological polar surface area (TPSA) is 47.6 Å². The molecule has 1 unspecified atom stereocenters. The Morgan fingerprint density at radius 1 is 1.28 bits per heavy atom. The van der Waals surface area contributed by atoms with Crippen molar-refractivity contribution >= 4 is 6.29 Å². The molecule has 1 N–H and O–H groups in total. The fourth-order valence-corrected chi connectivity index (χ4v) is 2.55. The zero-order valence-corrected chi connectivity index (χ0v) is 10.9. The summed E-state index contributed by atoms with van der Waals surface area (Å²) in [6, 6.07) is 3.78. The molecule has 18 heavy (non-hydrogen) atoms. The lowest BCUT2D eigenvalue weighted by atomic mass is 9.90. The molecule has 1 heterocycles. The molecular formula is C14H19NO3. The largest absolute Gasteiger partial charge is 0.493 e. The molecule has 1 saturated heterocycles. The van der Waals surface area contributed by atoms with Crippen molar-refractivity contribution in [2.75, 3.05) is 27.3 Å². The minimum absolute atomic E-state index is 0.420. The van der Waals surface area contributed by atoms with Gasteiger partial charge in [-0.25, -0.2) is 0 Å². The molecule has 1 atom stereocenters. The molecule has 1 aromatic carbocycles. The average Bonchev–Trinajstić information content (AvgIpc) is 2.46. The van der Waals surface area contributed by atoms with E-state index in [0.29, 0.717) is 23.0 Å². The van der Waals surface area contributed by atoms with Gasteiger partial charge in [0.2, 0.25) is 0 Å². The lowest BCUT2D eigenvalue weighted by Gasteiger charge is -2.25. The number of carbonyl (C=O) groups is 1. The Labute approximate surface area is 107 Å². The second kappa shape index (κ2) is 5.87. The highest BCUT2D eigenvalue weighted by molar-refractivity contribution is 5.82. The summed E-state index contributed by atoms with van der Waals surface area (Å²) in [7, 11) is 3.18. The van der Waals surface area contributed by atoms with Crippen LogP contribution in [0.2, 0.25) is 0 Å². The summed E-state index contributed by atoms with van der Waals surface area (Å²) in [6.07, 6.45) is 3.09. The van der Waals surface area contributed by atoms with Gasteiger partial charge in [0.15, 0.2) is 17.8 Å². The second-order valence-electron chi connectivity index (χ2n) is 4.47. The van der Waals surface area contributed by atoms with Crippen LogP contribution in [0.5, 0.6) is 11.5 Å². The van der Waals surface area contributed by atoms with Crippen molar-refractivity contribution in [3.05, 3.63) is 23.3 Å². The summed E-state index contributed by atoms with van der Waals surface area (Å²) >= 11 is 0. The van der Waals surface area contributed by atoms with Crippen molar-refractivity contribution in [2.45, 2.75) is 18.8 Å². The number of methoxy groups -OCH3 is 2. The number of carbonyl (C=O) groups excluding carboxylic acids is 1. The molecule has 0 spiro atoms. The number of benzene rings is 1. The van der Waals surface area contributed by atoms with Crippen molar-refractivity contribution in [1.29, 1.82) is 0 Å². The van der Waals surface area contributed by atoms with Crippen molar-refractivity contribution < 1.29 is 14.3 Å². The lowest BCUT2D eigenvalue weighted by Crippen LogP contribution is -2.28. The first-order valence-corrected chi connectivity index (χ1v) is 6.22. The molecule has 1 aliphatic heterocycles. The first kappa shape index (κ1) is 12.9. The van der Waals surface area contributed by atoms with E-state index in [-0.39, 0.29) is 0 Å². The van der Waals surface area contributed by atoms with Crippen molar-refractivity contribution in [1.82, 2.24) is 5.32 Å². The summed E-state index contributed by atoms with van der Waals surface area (Å²) in [4.78, 5) is 11.0. The van der Waals surface area contributed by atoms with E-state index in [1.54, 1.807) is 20.3 Å². The highest BCUT2D eigenvalue weighted by atomic mass is 16.5. The van der Waals surface area contributed by atoms with Crippen LogP contribution >= 0.6 is 0 Å². The smallest absolute Gasteiger partial charge is 0.171 e. The Bertz CT molecular complexity index is 425. The molecule has 1 fully saturated rings. The molecule has 0 amide bonds. The minimum atomic E-state index is 0.420. The quantitative estimate of drug-likeness (QED) is 0.829. The number of piperidine rings is 1. The van der Waals surface area contributed by atoms with Gasteiger partial charge in [-0.2, -0.15) is 0 Å². The van der Waals surface area contributed by atoms with Crippen LogP contribution in [0, 0.1) is 0 Å². The molecule has 4 nitrogen and oxygen atoms in total. The molecule has 0 bridgehead atoms. The lowest BCUT2D eigenvalue weighted by molar-refractivity contribution is 0.112. The van der Waals surface area contributed by atoms with Gasteiger partial charge >= 0.3 is 0 Å². The summed E-state index contributed by atoms with van der Waals surface area (Å²) in [5.41, 5.74) is 1.65. The number of hydrogen-bond acceptors (Lipinski definition) is 4. The van der Waals surface area contributed by atoms with Gasteiger partial charge in [-0.1, -0.05) is 6.07 Å². The van der Waals surface area contributed by atoms with Crippen LogP contribution in [-0.4, -0.2) is 33.6 Å². The van der Waals surface area contributed by atoms with Gasteiger partial charge in [0.25, 0.3) is 0 Å². The SMILES string of the molecule is COc1c(C=O)ccc(C2CCCNC2)c1OC. The van der Waals surface area contributed by atoms with E-state index in [9.17, 15) is 4.79 Å². The van der Waals surface area contributed by atoms with E-state index in [1.807, 2.05) is 6.07 Å². The summed E-state index contributed by atoms with van der Waals surface area (Å²) < 4.78 is 10.8. The fraction of sp³-hybridized carbons (Fsp3) is 0.500. The molecular weight excluding hydrogens is 230 g/mol. The predicted octanol–water partition coefficient (Wildman–Crippen LogP) is 1.98. The Kier molecular flexibility index (Phi) is 4.20. The molecule has 4 heteroatoms. The molecule has 0 radical (unpaired) electrons. The van der Waals surface area contributed by atoms with E-state index in [0.717, 1.165) is 37.8 Å². The van der Waals surface area contributed by atoms with E-state index in [1.165, 1.54) is 0 Å². The third-order valence-corrected chi connectivity index (χ3v) is 3.44. The van der Waals surface area contributed by atoms with Crippen LogP contribution in [-0.2, 0) is 0 Å². The second-order valence-corrected chi connectivity index (χ2v) is 4.47. The third kappa shape index (κ3) is 2.34. The van der Waals surface area contributed by atoms with Gasteiger partial charge in [0.1, 0.15) is 0 Å². The van der Waals surface area contributed by atoms with E-state index in [2.05, 4.69) is 5.32 Å². The van der Waals surface area contributed by atoms with Gasteiger partial charge in [-0.3, -0.25) is 4.79 Å². The van der Waals surface area contributed by atoms with Crippen LogP contribution in [0.25, 0.3) is 0 Å². The number of hydrogen-bond donors (Lipinski definition) is 1. The van der Waals surface area contributed by atoms with Gasteiger partial charge < -0.3 is 14.8 Å². The summed E-state index contributed by atoms with van der Waals surface area (Å²) in [6.45, 7) is 2.02. The van der Waals surface area contributed by atoms with E-state index in [4.69, 9.17) is 9.47 Å². The van der Waals surface area contributed by atoms with Crippen LogP contribution in [0.15, 0.2) is 12.1 Å². The summed E-state index contributed by atoms with van der Waals surface area (Å²) in [5.74, 6) is 1.65. The average molecular weight is 249 g/mol. The molecule has 1 aliphatic rings. The van der Waals surface area contributed by atoms with E-state index < -0.39 is 0 Å². The zero-order valence-electron chi connectivity index (χ0n) is 10.9. The highest BCUT2D eigenvalue weighted by Gasteiger charge is 2.22. The normalized spacial score (nSPS) is 19.3. The van der Waals surface area contributed by atoms with Crippen LogP contribution < -0.4 is 14.8 Å². The maximum atomic E-state index is 11.0. The Morgan fingerprint density at radius 2 is 2.06 bits per heavy atom. The van der Waals surface area contributed by atoms with Gasteiger partial charge in [-0.15, -0.1) is 0 Å². The number of aldehydes is 1. The first-order chi connectivity index (χ1) is 8.81. The third-order valence-electron chi connectivity index (χ3n) is 3.44. The van der Waals surface area contributed by atoms with Gasteiger partial charge in [0.05, 0.1) is 19.8 Å². The van der Waals surface area contributed by atoms with E-state index >= 15 is 0 Å². The summed E-state index contributed by atoms with van der Waals surface area (Å²) in [5, 5.41) is 3.38. The standard InChI is InChI=1S/C14H19NO3/c1-17-13-11(9-16)5-6-12(14(13)18-2)10-4-3-7-15-8-10/h5-6,9-10,15H,3-4,7-8H2,1-2H3. The van der Waals surface area contributed by atoms with Crippen LogP contribution in [0.1, 0.15) is 34.7 Å². The van der Waals surface area contributed by atoms with Crippen LogP contribution in [0.3, 0.4) is 0 Å². The van der Waals surface area contributed by atoms with Gasteiger partial charge in [-0.05, 0) is 25.5 Å². The Hall–Kier alpha value is -1.55. The Balaban J connectivity index is 2.43. The zero-order chi connectivity index (χ0) is 13.0. The van der Waals surface area contributed by atoms with Crippen LogP contribution in [0.4, 0.5) is 0 Å². The maximum absolute atomic E-state index is 11.0. The minimum Gasteiger partial charge on any atom is -0.493 e. The maximum Gasteiger partial charge on any atom is 0.171 e. The first-order valence-electron chi connectivity index (χ1n) is 6.22. The van der Waals surface area contributed by atoms with Crippen molar-refractivity contribution in [2.24, 2.45) is 0 Å². The molecule has 98 valence electrons. The Morgan fingerprint density at radius 3 is 2.61 bits per heavy atom. The van der Waals surface area contributed by atoms with Gasteiger partial charge in [0, 0.05) is 18.0 Å². The predicted molar refractivity (Wildman–Crippen MR) is 69.8 cm³/mol. The van der Waals surface area contributed by atoms with Crippen molar-refractivity contribution in [3.8, 4) is 11.5 Å².